The molecule has 0 aromatic heterocycles. The molecule has 1 amide bonds. The summed E-state index contributed by atoms with van der Waals surface area (Å²) in [5, 5.41) is 2.23. The van der Waals surface area contributed by atoms with Gasteiger partial charge in [-0.25, -0.2) is 18.0 Å². The van der Waals surface area contributed by atoms with E-state index in [0.717, 1.165) is 23.3 Å². The van der Waals surface area contributed by atoms with Crippen LogP contribution in [-0.4, -0.2) is 31.6 Å². The van der Waals surface area contributed by atoms with Crippen LogP contribution in [0.15, 0.2) is 36.4 Å². The van der Waals surface area contributed by atoms with Gasteiger partial charge in [-0.05, 0) is 17.7 Å². The van der Waals surface area contributed by atoms with Gasteiger partial charge in [0.25, 0.3) is 5.91 Å². The largest absolute Gasteiger partial charge is 0.465 e. The topological polar surface area (TPSA) is 59.8 Å². The van der Waals surface area contributed by atoms with Gasteiger partial charge in [0.2, 0.25) is 0 Å². The number of carbonyl (C=O) groups is 2. The quantitative estimate of drug-likeness (QED) is 0.621. The lowest BCUT2D eigenvalue weighted by Gasteiger charge is -2.31. The van der Waals surface area contributed by atoms with E-state index in [-0.39, 0.29) is 6.54 Å². The van der Waals surface area contributed by atoms with Crippen LogP contribution in [0.25, 0.3) is 0 Å². The Kier molecular flexibility index (Phi) is 5.46. The predicted octanol–water partition coefficient (Wildman–Crippen LogP) is 1.23. The molecule has 2 N–H and O–H groups in total. The van der Waals surface area contributed by atoms with Gasteiger partial charge in [0.1, 0.15) is 6.54 Å². The number of halogens is 3. The van der Waals surface area contributed by atoms with Crippen molar-refractivity contribution in [3.63, 3.8) is 0 Å². The average molecular weight is 379 g/mol. The third-order valence-electron chi connectivity index (χ3n) is 4.64. The summed E-state index contributed by atoms with van der Waals surface area (Å²) in [7, 11) is 1.28. The molecule has 0 aliphatic carbocycles. The summed E-state index contributed by atoms with van der Waals surface area (Å²) >= 11 is 0. The van der Waals surface area contributed by atoms with Gasteiger partial charge in [0.15, 0.2) is 30.0 Å². The van der Waals surface area contributed by atoms with Crippen LogP contribution in [0.2, 0.25) is 0 Å². The van der Waals surface area contributed by atoms with Gasteiger partial charge in [0.05, 0.1) is 12.8 Å². The highest BCUT2D eigenvalue weighted by Crippen LogP contribution is 2.19. The molecule has 0 fully saturated rings. The molecule has 27 heavy (non-hydrogen) atoms. The predicted molar refractivity (Wildman–Crippen MR) is 90.4 cm³/mol. The number of carbonyl (C=O) groups excluding carboxylic acids is 2. The first-order valence-corrected chi connectivity index (χ1v) is 8.33. The summed E-state index contributed by atoms with van der Waals surface area (Å²) in [6.07, 6.45) is 0.408. The van der Waals surface area contributed by atoms with Crippen LogP contribution in [0, 0.1) is 17.5 Å². The van der Waals surface area contributed by atoms with Crippen molar-refractivity contribution in [3.05, 3.63) is 65.0 Å². The Morgan fingerprint density at radius 3 is 2.52 bits per heavy atom. The summed E-state index contributed by atoms with van der Waals surface area (Å²) in [5.74, 6) is -5.53. The van der Waals surface area contributed by atoms with Gasteiger partial charge in [-0.2, -0.15) is 0 Å². The van der Waals surface area contributed by atoms with E-state index >= 15 is 0 Å². The van der Waals surface area contributed by atoms with E-state index in [0.29, 0.717) is 17.9 Å². The highest BCUT2D eigenvalue weighted by molar-refractivity contribution is 5.91. The van der Waals surface area contributed by atoms with Crippen LogP contribution in [0.3, 0.4) is 0 Å². The van der Waals surface area contributed by atoms with Crippen molar-refractivity contribution in [1.29, 1.82) is 0 Å². The van der Waals surface area contributed by atoms with Crippen molar-refractivity contribution in [3.8, 4) is 0 Å². The molecular formula is C19H18F3N2O3+. The van der Waals surface area contributed by atoms with Crippen LogP contribution < -0.4 is 10.2 Å². The zero-order valence-electron chi connectivity index (χ0n) is 14.5. The molecule has 3 rings (SSSR count). The van der Waals surface area contributed by atoms with E-state index in [9.17, 15) is 22.8 Å². The van der Waals surface area contributed by atoms with Gasteiger partial charge in [-0.3, -0.25) is 4.79 Å². The van der Waals surface area contributed by atoms with Crippen LogP contribution in [-0.2, 0) is 27.3 Å². The zero-order valence-corrected chi connectivity index (χ0v) is 14.5. The lowest BCUT2D eigenvalue weighted by atomic mass is 9.94. The third-order valence-corrected chi connectivity index (χ3v) is 4.64. The highest BCUT2D eigenvalue weighted by Gasteiger charge is 2.37. The number of amides is 1. The van der Waals surface area contributed by atoms with Gasteiger partial charge in [-0.15, -0.1) is 0 Å². The van der Waals surface area contributed by atoms with E-state index < -0.39 is 41.1 Å². The molecule has 0 saturated heterocycles. The number of benzene rings is 2. The minimum absolute atomic E-state index is 0.160. The Morgan fingerprint density at radius 2 is 1.81 bits per heavy atom. The van der Waals surface area contributed by atoms with Crippen LogP contribution in [0.5, 0.6) is 0 Å². The van der Waals surface area contributed by atoms with E-state index in [4.69, 9.17) is 4.74 Å². The number of hydrogen-bond acceptors (Lipinski definition) is 3. The van der Waals surface area contributed by atoms with Crippen LogP contribution in [0.1, 0.15) is 11.1 Å². The van der Waals surface area contributed by atoms with Crippen molar-refractivity contribution < 1.29 is 32.4 Å². The number of esters is 1. The second-order valence-corrected chi connectivity index (χ2v) is 6.33. The number of hydrogen-bond donors (Lipinski definition) is 2. The van der Waals surface area contributed by atoms with Crippen molar-refractivity contribution in [2.24, 2.45) is 0 Å². The summed E-state index contributed by atoms with van der Waals surface area (Å²) in [5.41, 5.74) is 1.55. The lowest BCUT2D eigenvalue weighted by Crippen LogP contribution is -3.17. The maximum absolute atomic E-state index is 13.7. The van der Waals surface area contributed by atoms with Gasteiger partial charge in [0, 0.05) is 12.0 Å². The maximum Gasteiger partial charge on any atom is 0.365 e. The smallest absolute Gasteiger partial charge is 0.365 e. The Hall–Kier alpha value is -2.87. The van der Waals surface area contributed by atoms with Gasteiger partial charge >= 0.3 is 5.97 Å². The number of rotatable bonds is 4. The second-order valence-electron chi connectivity index (χ2n) is 6.33. The number of quaternary nitrogens is 1. The molecule has 0 bridgehead atoms. The molecule has 0 saturated carbocycles. The minimum atomic E-state index is -1.65. The fourth-order valence-corrected chi connectivity index (χ4v) is 3.26. The van der Waals surface area contributed by atoms with E-state index in [1.54, 1.807) is 0 Å². The highest BCUT2D eigenvalue weighted by atomic mass is 19.2. The molecule has 2 atom stereocenters. The normalized spacial score (nSPS) is 18.5. The SMILES string of the molecule is COC(=O)[C@H]1Cc2ccccc2C[NH+]1CC(=O)Nc1ccc(F)c(F)c1F. The lowest BCUT2D eigenvalue weighted by molar-refractivity contribution is -0.924. The molecule has 2 aromatic rings. The Labute approximate surface area is 153 Å². The van der Waals surface area contributed by atoms with E-state index in [1.807, 2.05) is 24.3 Å². The summed E-state index contributed by atoms with van der Waals surface area (Å²) < 4.78 is 44.9. The van der Waals surface area contributed by atoms with Crippen LogP contribution in [0.4, 0.5) is 18.9 Å². The molecule has 1 unspecified atom stereocenters. The first-order valence-electron chi connectivity index (χ1n) is 8.33. The molecule has 2 aromatic carbocycles. The van der Waals surface area contributed by atoms with Crippen LogP contribution >= 0.6 is 0 Å². The number of anilines is 1. The molecule has 0 radical (unpaired) electrons. The standard InChI is InChI=1S/C19H17F3N2O3/c1-27-19(26)15-8-11-4-2-3-5-12(11)9-24(15)10-16(25)23-14-7-6-13(20)17(21)18(14)22/h2-7,15H,8-10H2,1H3,(H,23,25)/p+1/t15-/m1/s1. The fraction of sp³-hybridized carbons (Fsp3) is 0.263. The third kappa shape index (κ3) is 3.95. The molecule has 5 nitrogen and oxygen atoms in total. The number of nitrogens with one attached hydrogen (secondary N) is 2. The molecule has 1 aliphatic rings. The number of fused-ring (bicyclic) bond motifs is 1. The van der Waals surface area contributed by atoms with Crippen molar-refractivity contribution in [1.82, 2.24) is 0 Å². The Morgan fingerprint density at radius 1 is 1.11 bits per heavy atom. The molecule has 1 heterocycles. The maximum atomic E-state index is 13.7. The molecular weight excluding hydrogens is 361 g/mol. The number of methoxy groups -OCH3 is 1. The molecule has 0 spiro atoms. The van der Waals surface area contributed by atoms with E-state index in [1.165, 1.54) is 7.11 Å². The zero-order chi connectivity index (χ0) is 19.6. The number of ether oxygens (including phenoxy) is 1. The van der Waals surface area contributed by atoms with Crippen molar-refractivity contribution in [2.75, 3.05) is 19.0 Å². The minimum Gasteiger partial charge on any atom is -0.465 e. The monoisotopic (exact) mass is 379 g/mol. The van der Waals surface area contributed by atoms with Crippen molar-refractivity contribution in [2.45, 2.75) is 19.0 Å². The summed E-state index contributed by atoms with van der Waals surface area (Å²) in [4.78, 5) is 25.1. The molecule has 142 valence electrons. The first-order chi connectivity index (χ1) is 12.9. The fourth-order valence-electron chi connectivity index (χ4n) is 3.26. The van der Waals surface area contributed by atoms with Crippen molar-refractivity contribution >= 4 is 17.6 Å². The Bertz CT molecular complexity index is 888. The van der Waals surface area contributed by atoms with Gasteiger partial charge < -0.3 is 15.0 Å². The van der Waals surface area contributed by atoms with Gasteiger partial charge in [-0.1, -0.05) is 24.3 Å². The molecule has 8 heteroatoms. The summed E-state index contributed by atoms with van der Waals surface area (Å²) in [6.45, 7) is 0.246. The molecule has 1 aliphatic heterocycles. The van der Waals surface area contributed by atoms with E-state index in [2.05, 4.69) is 5.32 Å². The first kappa shape index (κ1) is 18.9. The second kappa shape index (κ2) is 7.79. The Balaban J connectivity index is 1.77. The average Bonchev–Trinajstić information content (AvgIpc) is 2.67. The summed E-state index contributed by atoms with van der Waals surface area (Å²) in [6, 6.07) is 8.65.